The minimum absolute atomic E-state index is 0.0528. The SMILES string of the molecule is O=C1CCC(N2C(=O)c3cccc(NCc4ccc(CN5CC(N6CC7CCC(C6)O7)C5)cc4F)c3C2=O)C(=O)N1. The van der Waals surface area contributed by atoms with E-state index in [0.717, 1.165) is 36.6 Å². The fourth-order valence-electron chi connectivity index (χ4n) is 6.79. The molecule has 11 heteroatoms. The maximum atomic E-state index is 15.1. The van der Waals surface area contributed by atoms with Gasteiger partial charge in [0.25, 0.3) is 11.8 Å². The highest BCUT2D eigenvalue weighted by atomic mass is 19.1. The molecule has 2 N–H and O–H groups in total. The summed E-state index contributed by atoms with van der Waals surface area (Å²) >= 11 is 0. The van der Waals surface area contributed by atoms with Gasteiger partial charge in [0.1, 0.15) is 11.9 Å². The molecule has 4 fully saturated rings. The van der Waals surface area contributed by atoms with Gasteiger partial charge in [-0.2, -0.15) is 0 Å². The Kier molecular flexibility index (Phi) is 6.60. The third-order valence-electron chi connectivity index (χ3n) is 8.99. The minimum Gasteiger partial charge on any atom is -0.380 e. The van der Waals surface area contributed by atoms with Crippen LogP contribution in [0.2, 0.25) is 0 Å². The van der Waals surface area contributed by atoms with Gasteiger partial charge in [-0.1, -0.05) is 18.2 Å². The summed E-state index contributed by atoms with van der Waals surface area (Å²) in [5.74, 6) is -2.60. The summed E-state index contributed by atoms with van der Waals surface area (Å²) in [6.07, 6.45) is 3.25. The molecule has 0 radical (unpaired) electrons. The smallest absolute Gasteiger partial charge is 0.264 e. The standard InChI is InChI=1S/C30H32FN5O5/c31-23-10-17(12-34-13-19(14-34)35-15-20-6-7-21(16-35)41-20)4-5-18(23)11-32-24-3-1-2-22-27(24)30(40)36(29(22)39)25-8-9-26(37)33-28(25)38/h1-5,10,19-21,25,32H,6-9,11-16H2,(H,33,37,38). The Morgan fingerprint density at radius 1 is 0.951 bits per heavy atom. The Morgan fingerprint density at radius 2 is 1.73 bits per heavy atom. The number of hydrogen-bond acceptors (Lipinski definition) is 8. The van der Waals surface area contributed by atoms with Crippen LogP contribution in [0.3, 0.4) is 0 Å². The molecule has 3 atom stereocenters. The van der Waals surface area contributed by atoms with Crippen LogP contribution in [-0.4, -0.2) is 88.8 Å². The van der Waals surface area contributed by atoms with Crippen molar-refractivity contribution in [2.45, 2.75) is 63.1 Å². The Morgan fingerprint density at radius 3 is 2.46 bits per heavy atom. The molecule has 2 aromatic rings. The van der Waals surface area contributed by atoms with Crippen molar-refractivity contribution in [1.29, 1.82) is 0 Å². The topological polar surface area (TPSA) is 111 Å². The zero-order valence-corrected chi connectivity index (χ0v) is 22.6. The van der Waals surface area contributed by atoms with Gasteiger partial charge in [0.05, 0.1) is 23.3 Å². The number of hydrogen-bond donors (Lipinski definition) is 2. The first kappa shape index (κ1) is 26.2. The van der Waals surface area contributed by atoms with Crippen LogP contribution in [0.25, 0.3) is 0 Å². The third kappa shape index (κ3) is 4.81. The Bertz CT molecular complexity index is 1430. The molecule has 5 aliphatic rings. The van der Waals surface area contributed by atoms with Gasteiger partial charge in [-0.3, -0.25) is 39.2 Å². The number of imide groups is 2. The average Bonchev–Trinajstić information content (AvgIpc) is 3.40. The summed E-state index contributed by atoms with van der Waals surface area (Å²) in [5, 5.41) is 5.31. The van der Waals surface area contributed by atoms with Crippen molar-refractivity contribution >= 4 is 29.3 Å². The molecule has 2 aromatic carbocycles. The summed E-state index contributed by atoms with van der Waals surface area (Å²) in [6, 6.07) is 9.58. The van der Waals surface area contributed by atoms with Gasteiger partial charge in [-0.05, 0) is 43.0 Å². The second kappa shape index (κ2) is 10.3. The van der Waals surface area contributed by atoms with Crippen molar-refractivity contribution < 1.29 is 28.3 Å². The fourth-order valence-corrected chi connectivity index (χ4v) is 6.79. The number of rotatable bonds is 7. The van der Waals surface area contributed by atoms with Crippen molar-refractivity contribution in [1.82, 2.24) is 20.0 Å². The van der Waals surface area contributed by atoms with Crippen LogP contribution >= 0.6 is 0 Å². The van der Waals surface area contributed by atoms with Crippen LogP contribution in [0.15, 0.2) is 36.4 Å². The van der Waals surface area contributed by atoms with E-state index in [-0.39, 0.29) is 36.3 Å². The minimum atomic E-state index is -1.04. The van der Waals surface area contributed by atoms with E-state index < -0.39 is 29.7 Å². The number of morpholine rings is 1. The van der Waals surface area contributed by atoms with Crippen LogP contribution in [0.1, 0.15) is 57.5 Å². The van der Waals surface area contributed by atoms with Crippen molar-refractivity contribution in [3.05, 3.63) is 64.5 Å². The van der Waals surface area contributed by atoms with Gasteiger partial charge in [-0.25, -0.2) is 4.39 Å². The van der Waals surface area contributed by atoms with Crippen LogP contribution in [-0.2, 0) is 27.4 Å². The van der Waals surface area contributed by atoms with Gasteiger partial charge in [-0.15, -0.1) is 0 Å². The highest BCUT2D eigenvalue weighted by molar-refractivity contribution is 6.25. The quantitative estimate of drug-likeness (QED) is 0.494. The first-order valence-electron chi connectivity index (χ1n) is 14.3. The summed E-state index contributed by atoms with van der Waals surface area (Å²) in [7, 11) is 0. The zero-order chi connectivity index (χ0) is 28.2. The average molecular weight is 562 g/mol. The van der Waals surface area contributed by atoms with E-state index in [1.807, 2.05) is 6.07 Å². The monoisotopic (exact) mass is 561 g/mol. The fraction of sp³-hybridized carbons (Fsp3) is 0.467. The lowest BCUT2D eigenvalue weighted by Gasteiger charge is -2.48. The third-order valence-corrected chi connectivity index (χ3v) is 8.99. The summed E-state index contributed by atoms with van der Waals surface area (Å²) in [5.41, 5.74) is 2.07. The molecule has 2 bridgehead atoms. The van der Waals surface area contributed by atoms with Gasteiger partial charge in [0.15, 0.2) is 0 Å². The van der Waals surface area contributed by atoms with E-state index in [2.05, 4.69) is 20.4 Å². The van der Waals surface area contributed by atoms with E-state index in [9.17, 15) is 19.2 Å². The van der Waals surface area contributed by atoms with Crippen LogP contribution in [0, 0.1) is 5.82 Å². The molecule has 4 saturated heterocycles. The van der Waals surface area contributed by atoms with E-state index in [0.29, 0.717) is 36.0 Å². The zero-order valence-electron chi connectivity index (χ0n) is 22.6. The summed E-state index contributed by atoms with van der Waals surface area (Å²) < 4.78 is 21.0. The number of halogens is 1. The van der Waals surface area contributed by atoms with Gasteiger partial charge < -0.3 is 10.1 Å². The van der Waals surface area contributed by atoms with Crippen molar-refractivity contribution in [2.24, 2.45) is 0 Å². The van der Waals surface area contributed by atoms with E-state index >= 15 is 4.39 Å². The molecule has 0 saturated carbocycles. The normalized spacial score (nSPS) is 26.8. The van der Waals surface area contributed by atoms with Crippen LogP contribution in [0.4, 0.5) is 10.1 Å². The number of benzene rings is 2. The second-order valence-electron chi connectivity index (χ2n) is 11.7. The van der Waals surface area contributed by atoms with Crippen molar-refractivity contribution in [3.63, 3.8) is 0 Å². The molecule has 5 aliphatic heterocycles. The molecule has 0 aromatic heterocycles. The molecule has 0 aliphatic carbocycles. The van der Waals surface area contributed by atoms with Crippen molar-refractivity contribution in [3.8, 4) is 0 Å². The lowest BCUT2D eigenvalue weighted by Crippen LogP contribution is -2.62. The molecule has 4 amide bonds. The predicted molar refractivity (Wildman–Crippen MR) is 145 cm³/mol. The number of nitrogens with one attached hydrogen (secondary N) is 2. The van der Waals surface area contributed by atoms with Crippen LogP contribution < -0.4 is 10.6 Å². The lowest BCUT2D eigenvalue weighted by atomic mass is 10.0. The Balaban J connectivity index is 0.971. The van der Waals surface area contributed by atoms with E-state index in [1.165, 1.54) is 18.9 Å². The van der Waals surface area contributed by atoms with E-state index in [1.54, 1.807) is 24.3 Å². The number of carbonyl (C=O) groups excluding carboxylic acids is 4. The maximum absolute atomic E-state index is 15.1. The number of fused-ring (bicyclic) bond motifs is 3. The van der Waals surface area contributed by atoms with Crippen molar-refractivity contribution in [2.75, 3.05) is 31.5 Å². The Hall–Kier alpha value is -3.67. The van der Waals surface area contributed by atoms with Gasteiger partial charge in [0.2, 0.25) is 11.8 Å². The Labute approximate surface area is 236 Å². The molecule has 5 heterocycles. The van der Waals surface area contributed by atoms with E-state index in [4.69, 9.17) is 4.74 Å². The first-order valence-corrected chi connectivity index (χ1v) is 14.3. The number of likely N-dealkylation sites (tertiary alicyclic amines) is 2. The second-order valence-corrected chi connectivity index (χ2v) is 11.7. The number of piperidine rings is 1. The molecule has 41 heavy (non-hydrogen) atoms. The molecular formula is C30H32FN5O5. The molecule has 214 valence electrons. The number of ether oxygens (including phenoxy) is 1. The maximum Gasteiger partial charge on any atom is 0.264 e. The molecule has 0 spiro atoms. The number of nitrogens with zero attached hydrogens (tertiary/aromatic N) is 3. The highest BCUT2D eigenvalue weighted by Crippen LogP contribution is 2.33. The first-order chi connectivity index (χ1) is 19.8. The number of anilines is 1. The highest BCUT2D eigenvalue weighted by Gasteiger charge is 2.45. The van der Waals surface area contributed by atoms with Crippen LogP contribution in [0.5, 0.6) is 0 Å². The largest absolute Gasteiger partial charge is 0.380 e. The lowest BCUT2D eigenvalue weighted by molar-refractivity contribution is -0.136. The molecular weight excluding hydrogens is 529 g/mol. The van der Waals surface area contributed by atoms with Gasteiger partial charge >= 0.3 is 0 Å². The number of amides is 4. The summed E-state index contributed by atoms with van der Waals surface area (Å²) in [4.78, 5) is 56.0. The molecule has 7 rings (SSSR count). The molecule has 10 nitrogen and oxygen atoms in total. The predicted octanol–water partition coefficient (Wildman–Crippen LogP) is 1.89. The summed E-state index contributed by atoms with van der Waals surface area (Å²) in [6.45, 7) is 4.80. The van der Waals surface area contributed by atoms with Gasteiger partial charge in [0, 0.05) is 63.0 Å². The number of carbonyl (C=O) groups is 4. The molecule has 3 unspecified atom stereocenters.